The van der Waals surface area contributed by atoms with Crippen LogP contribution in [0, 0.1) is 0 Å². The topological polar surface area (TPSA) is 96.0 Å². The SMILES string of the molecule is CCCCN1C(=O)C(=O)N(CC(=O)N[C@@H](C)COC)C1=O. The lowest BCUT2D eigenvalue weighted by atomic mass is 10.3. The fraction of sp³-hybridized carbons (Fsp3) is 0.692. The molecule has 0 saturated carbocycles. The van der Waals surface area contributed by atoms with Gasteiger partial charge in [0.15, 0.2) is 0 Å². The standard InChI is InChI=1S/C13H21N3O5/c1-4-5-6-15-11(18)12(19)16(13(15)20)7-10(17)14-9(2)8-21-3/h9H,4-8H2,1-3H3,(H,14,17)/t9-/m0/s1. The molecule has 1 saturated heterocycles. The largest absolute Gasteiger partial charge is 0.383 e. The van der Waals surface area contributed by atoms with Crippen LogP contribution in [0.5, 0.6) is 0 Å². The molecule has 8 nitrogen and oxygen atoms in total. The summed E-state index contributed by atoms with van der Waals surface area (Å²) in [6.07, 6.45) is 1.41. The zero-order valence-corrected chi connectivity index (χ0v) is 12.5. The summed E-state index contributed by atoms with van der Waals surface area (Å²) in [5, 5.41) is 2.58. The Labute approximate surface area is 123 Å². The molecule has 0 bridgehead atoms. The molecule has 21 heavy (non-hydrogen) atoms. The molecular formula is C13H21N3O5. The number of rotatable bonds is 8. The maximum atomic E-state index is 12.0. The molecule has 0 unspecified atom stereocenters. The Balaban J connectivity index is 2.62. The van der Waals surface area contributed by atoms with E-state index < -0.39 is 30.3 Å². The van der Waals surface area contributed by atoms with E-state index in [-0.39, 0.29) is 12.6 Å². The van der Waals surface area contributed by atoms with Crippen molar-refractivity contribution in [2.24, 2.45) is 0 Å². The second-order valence-corrected chi connectivity index (χ2v) is 4.91. The summed E-state index contributed by atoms with van der Waals surface area (Å²) in [5.41, 5.74) is 0. The van der Waals surface area contributed by atoms with Crippen molar-refractivity contribution in [3.63, 3.8) is 0 Å². The third kappa shape index (κ3) is 4.25. The van der Waals surface area contributed by atoms with Crippen LogP contribution in [0.4, 0.5) is 4.79 Å². The zero-order valence-electron chi connectivity index (χ0n) is 12.5. The van der Waals surface area contributed by atoms with E-state index in [9.17, 15) is 19.2 Å². The summed E-state index contributed by atoms with van der Waals surface area (Å²) in [6.45, 7) is 3.69. The summed E-state index contributed by atoms with van der Waals surface area (Å²) in [6, 6.07) is -0.977. The second kappa shape index (κ2) is 7.72. The molecule has 0 aromatic carbocycles. The van der Waals surface area contributed by atoms with Gasteiger partial charge in [0.2, 0.25) is 5.91 Å². The summed E-state index contributed by atoms with van der Waals surface area (Å²) in [7, 11) is 1.50. The van der Waals surface area contributed by atoms with Crippen molar-refractivity contribution in [3.8, 4) is 0 Å². The fourth-order valence-corrected chi connectivity index (χ4v) is 1.96. The highest BCUT2D eigenvalue weighted by Gasteiger charge is 2.44. The van der Waals surface area contributed by atoms with E-state index in [4.69, 9.17) is 4.74 Å². The van der Waals surface area contributed by atoms with Crippen LogP contribution < -0.4 is 5.32 Å². The third-order valence-corrected chi connectivity index (χ3v) is 3.00. The molecule has 1 atom stereocenters. The predicted octanol–water partition coefficient (Wildman–Crippen LogP) is -0.272. The molecule has 0 aliphatic carbocycles. The Morgan fingerprint density at radius 2 is 1.86 bits per heavy atom. The number of hydrogen-bond donors (Lipinski definition) is 1. The van der Waals surface area contributed by atoms with Crippen LogP contribution in [0.15, 0.2) is 0 Å². The van der Waals surface area contributed by atoms with Crippen molar-refractivity contribution in [3.05, 3.63) is 0 Å². The minimum absolute atomic E-state index is 0.193. The van der Waals surface area contributed by atoms with Gasteiger partial charge >= 0.3 is 17.8 Å². The van der Waals surface area contributed by atoms with Crippen LogP contribution in [0.2, 0.25) is 0 Å². The van der Waals surface area contributed by atoms with Gasteiger partial charge in [-0.2, -0.15) is 0 Å². The number of imide groups is 2. The maximum Gasteiger partial charge on any atom is 0.334 e. The van der Waals surface area contributed by atoms with Crippen molar-refractivity contribution in [1.29, 1.82) is 0 Å². The molecule has 118 valence electrons. The van der Waals surface area contributed by atoms with E-state index in [0.29, 0.717) is 17.9 Å². The Morgan fingerprint density at radius 1 is 1.24 bits per heavy atom. The first-order chi connectivity index (χ1) is 9.92. The average Bonchev–Trinajstić information content (AvgIpc) is 2.61. The van der Waals surface area contributed by atoms with Gasteiger partial charge in [-0.25, -0.2) is 9.69 Å². The number of amides is 5. The van der Waals surface area contributed by atoms with Gasteiger partial charge in [-0.15, -0.1) is 0 Å². The van der Waals surface area contributed by atoms with Gasteiger partial charge < -0.3 is 10.1 Å². The summed E-state index contributed by atoms with van der Waals surface area (Å²) >= 11 is 0. The molecule has 0 aromatic rings. The molecule has 1 N–H and O–H groups in total. The number of ether oxygens (including phenoxy) is 1. The first-order valence-electron chi connectivity index (χ1n) is 6.88. The van der Waals surface area contributed by atoms with Crippen LogP contribution in [0.25, 0.3) is 0 Å². The number of carbonyl (C=O) groups is 4. The number of unbranched alkanes of at least 4 members (excludes halogenated alkanes) is 1. The van der Waals surface area contributed by atoms with Gasteiger partial charge in [-0.05, 0) is 13.3 Å². The number of nitrogens with one attached hydrogen (secondary N) is 1. The molecule has 1 aliphatic heterocycles. The highest BCUT2D eigenvalue weighted by Crippen LogP contribution is 2.12. The van der Waals surface area contributed by atoms with Crippen molar-refractivity contribution < 1.29 is 23.9 Å². The number of methoxy groups -OCH3 is 1. The van der Waals surface area contributed by atoms with Gasteiger partial charge in [0.05, 0.1) is 6.61 Å². The fourth-order valence-electron chi connectivity index (χ4n) is 1.96. The van der Waals surface area contributed by atoms with Crippen molar-refractivity contribution >= 4 is 23.8 Å². The lowest BCUT2D eigenvalue weighted by Crippen LogP contribution is -2.45. The minimum Gasteiger partial charge on any atom is -0.383 e. The first-order valence-corrected chi connectivity index (χ1v) is 6.88. The smallest absolute Gasteiger partial charge is 0.334 e. The number of urea groups is 1. The van der Waals surface area contributed by atoms with Gasteiger partial charge in [0.1, 0.15) is 6.54 Å². The summed E-state index contributed by atoms with van der Waals surface area (Å²) in [4.78, 5) is 48.8. The molecule has 5 amide bonds. The molecule has 1 rings (SSSR count). The summed E-state index contributed by atoms with van der Waals surface area (Å²) < 4.78 is 4.87. The van der Waals surface area contributed by atoms with Crippen molar-refractivity contribution in [2.45, 2.75) is 32.7 Å². The van der Waals surface area contributed by atoms with Crippen LogP contribution >= 0.6 is 0 Å². The minimum atomic E-state index is -0.953. The first kappa shape index (κ1) is 17.1. The molecular weight excluding hydrogens is 278 g/mol. The number of hydrogen-bond acceptors (Lipinski definition) is 5. The van der Waals surface area contributed by atoms with Crippen molar-refractivity contribution in [1.82, 2.24) is 15.1 Å². The molecule has 1 heterocycles. The molecule has 0 radical (unpaired) electrons. The van der Waals surface area contributed by atoms with Gasteiger partial charge in [0.25, 0.3) is 0 Å². The van der Waals surface area contributed by atoms with E-state index in [0.717, 1.165) is 11.3 Å². The Hall–Kier alpha value is -1.96. The molecule has 0 spiro atoms. The Morgan fingerprint density at radius 3 is 2.43 bits per heavy atom. The van der Waals surface area contributed by atoms with Crippen LogP contribution in [-0.2, 0) is 19.1 Å². The zero-order chi connectivity index (χ0) is 16.0. The van der Waals surface area contributed by atoms with Gasteiger partial charge in [-0.3, -0.25) is 19.3 Å². The predicted molar refractivity (Wildman–Crippen MR) is 73.2 cm³/mol. The van der Waals surface area contributed by atoms with E-state index in [2.05, 4.69) is 5.32 Å². The molecule has 0 aromatic heterocycles. The van der Waals surface area contributed by atoms with E-state index in [1.165, 1.54) is 7.11 Å². The highest BCUT2D eigenvalue weighted by molar-refractivity contribution is 6.45. The molecule has 8 heteroatoms. The number of nitrogens with zero attached hydrogens (tertiary/aromatic N) is 2. The Bertz CT molecular complexity index is 438. The monoisotopic (exact) mass is 299 g/mol. The van der Waals surface area contributed by atoms with Crippen molar-refractivity contribution in [2.75, 3.05) is 26.8 Å². The summed E-state index contributed by atoms with van der Waals surface area (Å²) in [5.74, 6) is -2.33. The number of carbonyl (C=O) groups excluding carboxylic acids is 4. The Kier molecular flexibility index (Phi) is 6.29. The van der Waals surface area contributed by atoms with E-state index in [1.54, 1.807) is 6.92 Å². The van der Waals surface area contributed by atoms with Crippen LogP contribution in [0.1, 0.15) is 26.7 Å². The third-order valence-electron chi connectivity index (χ3n) is 3.00. The lowest BCUT2D eigenvalue weighted by Gasteiger charge is -2.17. The van der Waals surface area contributed by atoms with Crippen LogP contribution in [0.3, 0.4) is 0 Å². The van der Waals surface area contributed by atoms with Crippen LogP contribution in [-0.4, -0.2) is 66.4 Å². The maximum absolute atomic E-state index is 12.0. The van der Waals surface area contributed by atoms with E-state index >= 15 is 0 Å². The van der Waals surface area contributed by atoms with Gasteiger partial charge in [0, 0.05) is 19.7 Å². The average molecular weight is 299 g/mol. The normalized spacial score (nSPS) is 16.6. The second-order valence-electron chi connectivity index (χ2n) is 4.91. The quantitative estimate of drug-likeness (QED) is 0.491. The lowest BCUT2D eigenvalue weighted by molar-refractivity contribution is -0.144. The van der Waals surface area contributed by atoms with E-state index in [1.807, 2.05) is 6.92 Å². The molecule has 1 fully saturated rings. The van der Waals surface area contributed by atoms with Gasteiger partial charge in [-0.1, -0.05) is 13.3 Å². The molecule has 1 aliphatic rings. The highest BCUT2D eigenvalue weighted by atomic mass is 16.5.